The molecule has 6 heteroatoms. The summed E-state index contributed by atoms with van der Waals surface area (Å²) in [6.45, 7) is 9.47. The van der Waals surface area contributed by atoms with Crippen LogP contribution in [0.5, 0.6) is 0 Å². The lowest BCUT2D eigenvalue weighted by molar-refractivity contribution is 0.551. The first kappa shape index (κ1) is 18.6. The first-order valence-corrected chi connectivity index (χ1v) is 9.51. The van der Waals surface area contributed by atoms with Crippen molar-refractivity contribution in [2.75, 3.05) is 6.54 Å². The maximum Gasteiger partial charge on any atom is 0.241 e. The van der Waals surface area contributed by atoms with Crippen LogP contribution in [0.2, 0.25) is 0 Å². The molecule has 2 N–H and O–H groups in total. The van der Waals surface area contributed by atoms with Crippen LogP contribution in [0.15, 0.2) is 27.6 Å². The molecule has 0 heterocycles. The quantitative estimate of drug-likeness (QED) is 0.731. The Bertz CT molecular complexity index is 557. The normalized spacial score (nSPS) is 12.3. The highest BCUT2D eigenvalue weighted by molar-refractivity contribution is 9.10. The van der Waals surface area contributed by atoms with E-state index in [1.165, 1.54) is 0 Å². The third kappa shape index (κ3) is 6.46. The molecule has 1 rings (SSSR count). The summed E-state index contributed by atoms with van der Waals surface area (Å²) in [5.41, 5.74) is 1.05. The first-order valence-electron chi connectivity index (χ1n) is 7.24. The second-order valence-corrected chi connectivity index (χ2v) is 8.47. The number of sulfonamides is 1. The van der Waals surface area contributed by atoms with Crippen LogP contribution < -0.4 is 10.0 Å². The number of benzene rings is 1. The molecule has 0 atom stereocenters. The molecule has 0 bridgehead atoms. The van der Waals surface area contributed by atoms with Crippen LogP contribution in [0.1, 0.15) is 39.7 Å². The van der Waals surface area contributed by atoms with Crippen molar-refractivity contribution < 1.29 is 8.42 Å². The molecule has 1 aromatic carbocycles. The van der Waals surface area contributed by atoms with Gasteiger partial charge in [-0.2, -0.15) is 0 Å². The fourth-order valence-corrected chi connectivity index (χ4v) is 3.92. The van der Waals surface area contributed by atoms with E-state index < -0.39 is 10.0 Å². The minimum absolute atomic E-state index is 0.291. The summed E-state index contributed by atoms with van der Waals surface area (Å²) in [5, 5.41) is 3.31. The summed E-state index contributed by atoms with van der Waals surface area (Å²) in [7, 11) is -3.45. The predicted molar refractivity (Wildman–Crippen MR) is 90.8 cm³/mol. The molecule has 4 nitrogen and oxygen atoms in total. The molecular weight excluding hydrogens is 352 g/mol. The zero-order valence-electron chi connectivity index (χ0n) is 13.1. The number of halogens is 1. The fourth-order valence-electron chi connectivity index (χ4n) is 1.75. The fraction of sp³-hybridized carbons (Fsp3) is 0.600. The highest BCUT2D eigenvalue weighted by Crippen LogP contribution is 2.23. The van der Waals surface area contributed by atoms with Gasteiger partial charge in [0.2, 0.25) is 10.0 Å². The Morgan fingerprint density at radius 3 is 2.38 bits per heavy atom. The van der Waals surface area contributed by atoms with Gasteiger partial charge in [0.15, 0.2) is 0 Å². The lowest BCUT2D eigenvalue weighted by Crippen LogP contribution is -2.26. The van der Waals surface area contributed by atoms with E-state index in [1.807, 2.05) is 12.1 Å². The Balaban J connectivity index is 2.78. The third-order valence-corrected chi connectivity index (χ3v) is 5.45. The van der Waals surface area contributed by atoms with Crippen LogP contribution in [0.3, 0.4) is 0 Å². The average Bonchev–Trinajstić information content (AvgIpc) is 2.35. The highest BCUT2D eigenvalue weighted by atomic mass is 79.9. The molecule has 0 radical (unpaired) electrons. The van der Waals surface area contributed by atoms with Crippen molar-refractivity contribution in [1.29, 1.82) is 0 Å². The summed E-state index contributed by atoms with van der Waals surface area (Å²) in [4.78, 5) is 0.291. The molecule has 0 fully saturated rings. The first-order chi connectivity index (χ1) is 9.72. The van der Waals surface area contributed by atoms with E-state index in [9.17, 15) is 8.42 Å². The Labute approximate surface area is 136 Å². The molecule has 21 heavy (non-hydrogen) atoms. The molecule has 120 valence electrons. The lowest BCUT2D eigenvalue weighted by Gasteiger charge is -2.12. The molecular formula is C15H25BrN2O2S. The Kier molecular flexibility index (Phi) is 7.33. The molecule has 0 aromatic heterocycles. The zero-order chi connectivity index (χ0) is 16.0. The molecule has 0 aliphatic carbocycles. The van der Waals surface area contributed by atoms with Gasteiger partial charge in [0, 0.05) is 23.6 Å². The van der Waals surface area contributed by atoms with Crippen molar-refractivity contribution in [3.05, 3.63) is 28.2 Å². The van der Waals surface area contributed by atoms with Crippen molar-refractivity contribution in [3.63, 3.8) is 0 Å². The smallest absolute Gasteiger partial charge is 0.241 e. The van der Waals surface area contributed by atoms with E-state index in [0.29, 0.717) is 27.9 Å². The van der Waals surface area contributed by atoms with Crippen molar-refractivity contribution in [3.8, 4) is 0 Å². The van der Waals surface area contributed by atoms with Crippen LogP contribution in [0, 0.1) is 5.92 Å². The zero-order valence-corrected chi connectivity index (χ0v) is 15.5. The standard InChI is InChI=1S/C15H25BrN2O2S/c1-11(2)7-8-18-21(19,20)15-6-5-13(9-14(15)16)10-17-12(3)4/h5-6,9,11-12,17-18H,7-8,10H2,1-4H3. The van der Waals surface area contributed by atoms with Gasteiger partial charge in [-0.05, 0) is 46.0 Å². The summed E-state index contributed by atoms with van der Waals surface area (Å²) >= 11 is 3.36. The molecule has 0 aliphatic heterocycles. The SMILES string of the molecule is CC(C)CCNS(=O)(=O)c1ccc(CNC(C)C)cc1Br. The van der Waals surface area contributed by atoms with Crippen molar-refractivity contribution >= 4 is 26.0 Å². The summed E-state index contributed by atoms with van der Waals surface area (Å²) in [5.74, 6) is 0.473. The minimum Gasteiger partial charge on any atom is -0.310 e. The largest absolute Gasteiger partial charge is 0.310 e. The molecule has 0 spiro atoms. The van der Waals surface area contributed by atoms with Gasteiger partial charge in [-0.1, -0.05) is 33.8 Å². The number of nitrogens with one attached hydrogen (secondary N) is 2. The predicted octanol–water partition coefficient (Wildman–Crippen LogP) is 3.27. The maximum atomic E-state index is 12.3. The molecule has 1 aromatic rings. The number of hydrogen-bond acceptors (Lipinski definition) is 3. The number of rotatable bonds is 8. The average molecular weight is 377 g/mol. The van der Waals surface area contributed by atoms with Crippen molar-refractivity contribution in [1.82, 2.24) is 10.0 Å². The van der Waals surface area contributed by atoms with Crippen LogP contribution in [-0.4, -0.2) is 21.0 Å². The van der Waals surface area contributed by atoms with E-state index in [-0.39, 0.29) is 0 Å². The van der Waals surface area contributed by atoms with E-state index in [0.717, 1.165) is 18.5 Å². The topological polar surface area (TPSA) is 58.2 Å². The van der Waals surface area contributed by atoms with Crippen LogP contribution in [0.25, 0.3) is 0 Å². The second kappa shape index (κ2) is 8.27. The van der Waals surface area contributed by atoms with E-state index in [2.05, 4.69) is 53.7 Å². The van der Waals surface area contributed by atoms with Crippen molar-refractivity contribution in [2.45, 2.75) is 51.6 Å². The third-order valence-electron chi connectivity index (χ3n) is 3.01. The van der Waals surface area contributed by atoms with Gasteiger partial charge in [0.1, 0.15) is 0 Å². The minimum atomic E-state index is -3.45. The summed E-state index contributed by atoms with van der Waals surface area (Å²) < 4.78 is 27.8. The second-order valence-electron chi connectivity index (χ2n) is 5.88. The van der Waals surface area contributed by atoms with E-state index in [1.54, 1.807) is 6.07 Å². The van der Waals surface area contributed by atoms with E-state index in [4.69, 9.17) is 0 Å². The molecule has 0 unspecified atom stereocenters. The summed E-state index contributed by atoms with van der Waals surface area (Å²) in [6.07, 6.45) is 0.827. The van der Waals surface area contributed by atoms with Gasteiger partial charge in [-0.3, -0.25) is 0 Å². The Morgan fingerprint density at radius 1 is 1.19 bits per heavy atom. The van der Waals surface area contributed by atoms with Gasteiger partial charge in [-0.25, -0.2) is 13.1 Å². The lowest BCUT2D eigenvalue weighted by atomic mass is 10.1. The summed E-state index contributed by atoms with van der Waals surface area (Å²) in [6, 6.07) is 5.74. The monoisotopic (exact) mass is 376 g/mol. The van der Waals surface area contributed by atoms with Crippen molar-refractivity contribution in [2.24, 2.45) is 5.92 Å². The molecule has 0 aliphatic rings. The van der Waals surface area contributed by atoms with E-state index >= 15 is 0 Å². The highest BCUT2D eigenvalue weighted by Gasteiger charge is 2.17. The Morgan fingerprint density at radius 2 is 1.86 bits per heavy atom. The maximum absolute atomic E-state index is 12.3. The van der Waals surface area contributed by atoms with Gasteiger partial charge in [0.05, 0.1) is 4.90 Å². The molecule has 0 saturated carbocycles. The Hall–Kier alpha value is -0.430. The van der Waals surface area contributed by atoms with Crippen LogP contribution >= 0.6 is 15.9 Å². The van der Waals surface area contributed by atoms with Gasteiger partial charge >= 0.3 is 0 Å². The molecule has 0 amide bonds. The van der Waals surface area contributed by atoms with Gasteiger partial charge in [-0.15, -0.1) is 0 Å². The molecule has 0 saturated heterocycles. The van der Waals surface area contributed by atoms with Crippen LogP contribution in [0.4, 0.5) is 0 Å². The van der Waals surface area contributed by atoms with Gasteiger partial charge < -0.3 is 5.32 Å². The number of hydrogen-bond donors (Lipinski definition) is 2. The van der Waals surface area contributed by atoms with Gasteiger partial charge in [0.25, 0.3) is 0 Å². The van der Waals surface area contributed by atoms with Crippen LogP contribution in [-0.2, 0) is 16.6 Å².